The van der Waals surface area contributed by atoms with Gasteiger partial charge in [-0.2, -0.15) is 0 Å². The van der Waals surface area contributed by atoms with Crippen LogP contribution in [0.25, 0.3) is 0 Å². The SMILES string of the molecule is [O]=[Ti]([O-])[O-].[Zn+2].[Zn]. The van der Waals surface area contributed by atoms with Crippen molar-refractivity contribution in [3.8, 4) is 0 Å². The molecule has 0 atom stereocenters. The van der Waals surface area contributed by atoms with Crippen LogP contribution >= 0.6 is 0 Å². The molecular formula is O3TiZn2. The molecule has 0 aromatic carbocycles. The Labute approximate surface area is 67.8 Å². The van der Waals surface area contributed by atoms with Crippen LogP contribution in [-0.4, -0.2) is 0 Å². The topological polar surface area (TPSA) is 63.2 Å². The monoisotopic (exact) mass is 224 g/mol. The van der Waals surface area contributed by atoms with Crippen LogP contribution < -0.4 is 7.38 Å². The fourth-order valence-electron chi connectivity index (χ4n) is 0. The van der Waals surface area contributed by atoms with E-state index in [1.54, 1.807) is 0 Å². The van der Waals surface area contributed by atoms with Crippen LogP contribution in [0.15, 0.2) is 0 Å². The number of rotatable bonds is 0. The van der Waals surface area contributed by atoms with E-state index in [4.69, 9.17) is 10.7 Å². The van der Waals surface area contributed by atoms with Crippen LogP contribution in [0, 0.1) is 0 Å². The molecule has 0 saturated carbocycles. The van der Waals surface area contributed by atoms with Gasteiger partial charge in [0.1, 0.15) is 0 Å². The predicted molar refractivity (Wildman–Crippen MR) is 0.686 cm³/mol. The van der Waals surface area contributed by atoms with E-state index in [2.05, 4.69) is 0 Å². The zero-order chi connectivity index (χ0) is 3.58. The first-order valence-electron chi connectivity index (χ1n) is 0.612. The zero-order valence-corrected chi connectivity index (χ0v) is 10.6. The molecule has 0 aromatic heterocycles. The summed E-state index contributed by atoms with van der Waals surface area (Å²) in [4.78, 5) is 0. The smallest absolute Gasteiger partial charge is 0 e. The normalized spacial score (nSPS) is 4.33. The summed E-state index contributed by atoms with van der Waals surface area (Å²) in [6.45, 7) is 0. The van der Waals surface area contributed by atoms with Crippen molar-refractivity contribution in [3.63, 3.8) is 0 Å². The molecule has 0 saturated heterocycles. The molecule has 0 spiro atoms. The first-order valence-corrected chi connectivity index (χ1v) is 2.52. The second-order valence-corrected chi connectivity index (χ2v) is 1.03. The molecule has 0 unspecified atom stereocenters. The van der Waals surface area contributed by atoms with E-state index >= 15 is 0 Å². The van der Waals surface area contributed by atoms with E-state index in [0.29, 0.717) is 0 Å². The number of hydrogen-bond acceptors (Lipinski definition) is 3. The molecular weight excluding hydrogens is 227 g/mol. The summed E-state index contributed by atoms with van der Waals surface area (Å²) in [5.74, 6) is 0. The van der Waals surface area contributed by atoms with Gasteiger partial charge in [0.05, 0.1) is 0 Å². The van der Waals surface area contributed by atoms with Gasteiger partial charge in [-0.15, -0.1) is 0 Å². The van der Waals surface area contributed by atoms with E-state index in [1.807, 2.05) is 0 Å². The fourth-order valence-corrected chi connectivity index (χ4v) is 0. The van der Waals surface area contributed by atoms with Crippen molar-refractivity contribution < 1.29 is 68.3 Å². The van der Waals surface area contributed by atoms with E-state index < -0.39 is 18.6 Å². The van der Waals surface area contributed by atoms with Crippen LogP contribution in [-0.2, 0) is 60.9 Å². The van der Waals surface area contributed by atoms with Crippen LogP contribution in [0.1, 0.15) is 0 Å². The Morgan fingerprint density at radius 3 is 1.33 bits per heavy atom. The molecule has 0 bridgehead atoms. The van der Waals surface area contributed by atoms with E-state index in [-0.39, 0.29) is 39.0 Å². The standard InChI is InChI=1S/3O.Ti.2Zn/q;2*-1;;;+2. The second-order valence-electron chi connectivity index (χ2n) is 0.250. The minimum absolute atomic E-state index is 0. The van der Waals surface area contributed by atoms with Gasteiger partial charge in [-0.25, -0.2) is 0 Å². The first-order chi connectivity index (χ1) is 1.73. The van der Waals surface area contributed by atoms with Crippen molar-refractivity contribution in [3.05, 3.63) is 0 Å². The molecule has 0 heterocycles. The minimum atomic E-state index is -4.08. The van der Waals surface area contributed by atoms with E-state index in [1.165, 1.54) is 0 Å². The van der Waals surface area contributed by atoms with Gasteiger partial charge in [-0.05, 0) is 0 Å². The molecule has 0 radical (unpaired) electrons. The summed E-state index contributed by atoms with van der Waals surface area (Å²) >= 11 is -4.08. The van der Waals surface area contributed by atoms with Crippen molar-refractivity contribution in [2.75, 3.05) is 0 Å². The Bertz CT molecular complexity index is 31.8. The molecule has 0 aliphatic heterocycles. The Balaban J connectivity index is -0.0000000450. The largest absolute Gasteiger partial charge is 2.00 e. The summed E-state index contributed by atoms with van der Waals surface area (Å²) in [5.41, 5.74) is 0. The van der Waals surface area contributed by atoms with Gasteiger partial charge < -0.3 is 0 Å². The summed E-state index contributed by atoms with van der Waals surface area (Å²) in [5, 5.41) is 0. The summed E-state index contributed by atoms with van der Waals surface area (Å²) < 4.78 is 25.8. The average Bonchev–Trinajstić information content (AvgIpc) is 0.811. The van der Waals surface area contributed by atoms with Crippen LogP contribution in [0.4, 0.5) is 0 Å². The van der Waals surface area contributed by atoms with Gasteiger partial charge in [-0.3, -0.25) is 0 Å². The van der Waals surface area contributed by atoms with Gasteiger partial charge in [0, 0.05) is 19.5 Å². The van der Waals surface area contributed by atoms with Crippen molar-refractivity contribution in [1.29, 1.82) is 0 Å². The van der Waals surface area contributed by atoms with Crippen molar-refractivity contribution >= 4 is 0 Å². The molecule has 26 valence electrons. The minimum Gasteiger partial charge on any atom is 0 e. The quantitative estimate of drug-likeness (QED) is 0.429. The van der Waals surface area contributed by atoms with Gasteiger partial charge >= 0.3 is 48.8 Å². The maximum Gasteiger partial charge on any atom is 2.00 e. The van der Waals surface area contributed by atoms with E-state index in [9.17, 15) is 0 Å². The van der Waals surface area contributed by atoms with Crippen molar-refractivity contribution in [1.82, 2.24) is 0 Å². The van der Waals surface area contributed by atoms with Crippen LogP contribution in [0.3, 0.4) is 0 Å². The molecule has 3 nitrogen and oxygen atoms in total. The van der Waals surface area contributed by atoms with Crippen LogP contribution in [0.5, 0.6) is 0 Å². The summed E-state index contributed by atoms with van der Waals surface area (Å²) in [6, 6.07) is 0. The maximum atomic E-state index is 8.58. The van der Waals surface area contributed by atoms with Crippen molar-refractivity contribution in [2.24, 2.45) is 0 Å². The van der Waals surface area contributed by atoms with E-state index in [0.717, 1.165) is 0 Å². The van der Waals surface area contributed by atoms with Gasteiger partial charge in [-0.1, -0.05) is 0 Å². The first kappa shape index (κ1) is 15.6. The third-order valence-electron chi connectivity index (χ3n) is 0. The molecule has 0 aliphatic rings. The predicted octanol–water partition coefficient (Wildman–Crippen LogP) is -2.50. The molecule has 0 aromatic rings. The fraction of sp³-hybridized carbons (Fsp3) is 0. The Morgan fingerprint density at radius 1 is 1.33 bits per heavy atom. The summed E-state index contributed by atoms with van der Waals surface area (Å²) in [6.07, 6.45) is 0. The average molecular weight is 227 g/mol. The van der Waals surface area contributed by atoms with Crippen molar-refractivity contribution in [2.45, 2.75) is 0 Å². The third kappa shape index (κ3) is 44.1. The second kappa shape index (κ2) is 9.84. The van der Waals surface area contributed by atoms with Gasteiger partial charge in [0.15, 0.2) is 0 Å². The molecule has 6 heavy (non-hydrogen) atoms. The number of hydrogen-bond donors (Lipinski definition) is 0. The van der Waals surface area contributed by atoms with Gasteiger partial charge in [0.25, 0.3) is 0 Å². The zero-order valence-electron chi connectivity index (χ0n) is 3.14. The van der Waals surface area contributed by atoms with Crippen LogP contribution in [0.2, 0.25) is 0 Å². The Kier molecular flexibility index (Phi) is 25.7. The Morgan fingerprint density at radius 2 is 1.33 bits per heavy atom. The molecule has 0 aliphatic carbocycles. The Hall–Kier alpha value is 1.68. The molecule has 0 rings (SSSR count). The summed E-state index contributed by atoms with van der Waals surface area (Å²) in [7, 11) is 0. The maximum absolute atomic E-state index is 8.58. The molecule has 0 fully saturated rings. The van der Waals surface area contributed by atoms with Gasteiger partial charge in [0.2, 0.25) is 0 Å². The molecule has 0 N–H and O–H groups in total. The third-order valence-corrected chi connectivity index (χ3v) is 0. The molecule has 6 heteroatoms. The molecule has 0 amide bonds.